The van der Waals surface area contributed by atoms with E-state index < -0.39 is 0 Å². The van der Waals surface area contributed by atoms with Crippen molar-refractivity contribution in [3.8, 4) is 5.75 Å². The second-order valence-corrected chi connectivity index (χ2v) is 5.77. The van der Waals surface area contributed by atoms with Crippen LogP contribution in [0.5, 0.6) is 5.75 Å². The number of hydrogen-bond acceptors (Lipinski definition) is 4. The first-order valence-corrected chi connectivity index (χ1v) is 8.22. The summed E-state index contributed by atoms with van der Waals surface area (Å²) in [5, 5.41) is 0. The van der Waals surface area contributed by atoms with Crippen LogP contribution in [0.3, 0.4) is 0 Å². The molecule has 0 N–H and O–H groups in total. The van der Waals surface area contributed by atoms with E-state index in [4.69, 9.17) is 9.47 Å². The molecule has 5 heteroatoms. The van der Waals surface area contributed by atoms with Crippen molar-refractivity contribution >= 4 is 11.9 Å². The van der Waals surface area contributed by atoms with E-state index in [0.717, 1.165) is 30.6 Å². The van der Waals surface area contributed by atoms with Crippen LogP contribution >= 0.6 is 0 Å². The van der Waals surface area contributed by atoms with Gasteiger partial charge in [0.1, 0.15) is 5.75 Å². The lowest BCUT2D eigenvalue weighted by molar-refractivity contribution is -0.146. The van der Waals surface area contributed by atoms with Gasteiger partial charge >= 0.3 is 5.97 Å². The number of nitrogens with zero attached hydrogens (tertiary/aromatic N) is 1. The van der Waals surface area contributed by atoms with Gasteiger partial charge in [0.25, 0.3) is 0 Å². The molecule has 1 aliphatic heterocycles. The molecule has 0 saturated carbocycles. The van der Waals surface area contributed by atoms with E-state index in [1.165, 1.54) is 0 Å². The fourth-order valence-electron chi connectivity index (χ4n) is 3.01. The van der Waals surface area contributed by atoms with Crippen LogP contribution in [0.4, 0.5) is 0 Å². The van der Waals surface area contributed by atoms with Crippen LogP contribution in [0.1, 0.15) is 38.2 Å². The van der Waals surface area contributed by atoms with Crippen LogP contribution in [0.25, 0.3) is 0 Å². The van der Waals surface area contributed by atoms with Crippen molar-refractivity contribution in [2.24, 2.45) is 0 Å². The maximum absolute atomic E-state index is 12.6. The van der Waals surface area contributed by atoms with Gasteiger partial charge in [0, 0.05) is 12.6 Å². The predicted octanol–water partition coefficient (Wildman–Crippen LogP) is 2.57. The lowest BCUT2D eigenvalue weighted by Gasteiger charge is -2.35. The summed E-state index contributed by atoms with van der Waals surface area (Å²) >= 11 is 0. The highest BCUT2D eigenvalue weighted by molar-refractivity contribution is 5.80. The molecule has 1 heterocycles. The van der Waals surface area contributed by atoms with Crippen LogP contribution in [-0.4, -0.2) is 43.1 Å². The van der Waals surface area contributed by atoms with Gasteiger partial charge in [0.15, 0.2) is 0 Å². The molecular formula is C18H25NO4. The van der Waals surface area contributed by atoms with Crippen LogP contribution < -0.4 is 4.74 Å². The molecule has 0 bridgehead atoms. The zero-order valence-electron chi connectivity index (χ0n) is 13.9. The molecule has 1 fully saturated rings. The van der Waals surface area contributed by atoms with E-state index in [-0.39, 0.29) is 24.3 Å². The van der Waals surface area contributed by atoms with Crippen molar-refractivity contribution in [1.82, 2.24) is 4.90 Å². The maximum atomic E-state index is 12.6. The van der Waals surface area contributed by atoms with Gasteiger partial charge < -0.3 is 14.4 Å². The number of amides is 1. The van der Waals surface area contributed by atoms with Gasteiger partial charge in [-0.15, -0.1) is 0 Å². The predicted molar refractivity (Wildman–Crippen MR) is 87.3 cm³/mol. The summed E-state index contributed by atoms with van der Waals surface area (Å²) in [5.41, 5.74) is 0.926. The molecule has 1 aromatic rings. The molecule has 23 heavy (non-hydrogen) atoms. The minimum atomic E-state index is -0.224. The molecule has 0 aliphatic carbocycles. The molecule has 0 spiro atoms. The summed E-state index contributed by atoms with van der Waals surface area (Å²) in [5.74, 6) is 0.586. The lowest BCUT2D eigenvalue weighted by atomic mass is 9.98. The first kappa shape index (κ1) is 17.3. The summed E-state index contributed by atoms with van der Waals surface area (Å²) in [4.78, 5) is 26.2. The first-order chi connectivity index (χ1) is 11.1. The Labute approximate surface area is 137 Å². The van der Waals surface area contributed by atoms with Crippen molar-refractivity contribution in [3.05, 3.63) is 29.8 Å². The SMILES string of the molecule is CCOC(=O)C[C@@H]1CCCCN1C(=O)Cc1cccc(OC)c1. The summed E-state index contributed by atoms with van der Waals surface area (Å²) in [6, 6.07) is 7.50. The number of carbonyl (C=O) groups is 2. The minimum absolute atomic E-state index is 0.0408. The third kappa shape index (κ3) is 4.98. The van der Waals surface area contributed by atoms with Gasteiger partial charge in [-0.3, -0.25) is 9.59 Å². The number of esters is 1. The van der Waals surface area contributed by atoms with Crippen molar-refractivity contribution < 1.29 is 19.1 Å². The highest BCUT2D eigenvalue weighted by atomic mass is 16.5. The normalized spacial score (nSPS) is 17.7. The molecule has 0 unspecified atom stereocenters. The number of hydrogen-bond donors (Lipinski definition) is 0. The molecule has 1 aromatic carbocycles. The molecule has 126 valence electrons. The Kier molecular flexibility index (Phi) is 6.44. The zero-order chi connectivity index (χ0) is 16.7. The number of methoxy groups -OCH3 is 1. The Morgan fingerprint density at radius 2 is 2.13 bits per heavy atom. The fourth-order valence-corrected chi connectivity index (χ4v) is 3.01. The zero-order valence-corrected chi connectivity index (χ0v) is 13.9. The molecule has 1 saturated heterocycles. The smallest absolute Gasteiger partial charge is 0.307 e. The Morgan fingerprint density at radius 1 is 1.30 bits per heavy atom. The van der Waals surface area contributed by atoms with Gasteiger partial charge in [-0.25, -0.2) is 0 Å². The topological polar surface area (TPSA) is 55.8 Å². The van der Waals surface area contributed by atoms with Crippen LogP contribution in [0, 0.1) is 0 Å². The molecule has 2 rings (SSSR count). The number of piperidine rings is 1. The second-order valence-electron chi connectivity index (χ2n) is 5.77. The van der Waals surface area contributed by atoms with Crippen molar-refractivity contribution in [2.75, 3.05) is 20.3 Å². The van der Waals surface area contributed by atoms with Gasteiger partial charge in [0.2, 0.25) is 5.91 Å². The largest absolute Gasteiger partial charge is 0.497 e. The Morgan fingerprint density at radius 3 is 2.87 bits per heavy atom. The van der Waals surface area contributed by atoms with E-state index in [2.05, 4.69) is 0 Å². The quantitative estimate of drug-likeness (QED) is 0.756. The number of likely N-dealkylation sites (tertiary alicyclic amines) is 1. The van der Waals surface area contributed by atoms with E-state index >= 15 is 0 Å². The third-order valence-corrected chi connectivity index (χ3v) is 4.14. The third-order valence-electron chi connectivity index (χ3n) is 4.14. The molecule has 0 aromatic heterocycles. The van der Waals surface area contributed by atoms with Crippen LogP contribution in [-0.2, 0) is 20.7 Å². The highest BCUT2D eigenvalue weighted by Crippen LogP contribution is 2.22. The van der Waals surface area contributed by atoms with Crippen LogP contribution in [0.2, 0.25) is 0 Å². The average molecular weight is 319 g/mol. The Balaban J connectivity index is 2.01. The van der Waals surface area contributed by atoms with Gasteiger partial charge in [0.05, 0.1) is 26.6 Å². The second kappa shape index (κ2) is 8.56. The Bertz CT molecular complexity index is 544. The fraction of sp³-hybridized carbons (Fsp3) is 0.556. The van der Waals surface area contributed by atoms with Crippen LogP contribution in [0.15, 0.2) is 24.3 Å². The van der Waals surface area contributed by atoms with E-state index in [1.54, 1.807) is 14.0 Å². The molecular weight excluding hydrogens is 294 g/mol. The number of rotatable bonds is 6. The highest BCUT2D eigenvalue weighted by Gasteiger charge is 2.28. The summed E-state index contributed by atoms with van der Waals surface area (Å²) in [6.45, 7) is 2.89. The van der Waals surface area contributed by atoms with E-state index in [0.29, 0.717) is 19.6 Å². The molecule has 0 radical (unpaired) electrons. The molecule has 1 aliphatic rings. The number of benzene rings is 1. The van der Waals surface area contributed by atoms with Crippen molar-refractivity contribution in [3.63, 3.8) is 0 Å². The lowest BCUT2D eigenvalue weighted by Crippen LogP contribution is -2.45. The van der Waals surface area contributed by atoms with E-state index in [9.17, 15) is 9.59 Å². The first-order valence-electron chi connectivity index (χ1n) is 8.22. The van der Waals surface area contributed by atoms with Gasteiger partial charge in [-0.05, 0) is 43.9 Å². The molecule has 5 nitrogen and oxygen atoms in total. The summed E-state index contributed by atoms with van der Waals surface area (Å²) in [7, 11) is 1.61. The number of ether oxygens (including phenoxy) is 2. The molecule has 1 amide bonds. The van der Waals surface area contributed by atoms with E-state index in [1.807, 2.05) is 29.2 Å². The summed E-state index contributed by atoms with van der Waals surface area (Å²) in [6.07, 6.45) is 3.52. The van der Waals surface area contributed by atoms with Crippen molar-refractivity contribution in [1.29, 1.82) is 0 Å². The molecule has 1 atom stereocenters. The Hall–Kier alpha value is -2.04. The average Bonchev–Trinajstić information content (AvgIpc) is 2.55. The minimum Gasteiger partial charge on any atom is -0.497 e. The number of carbonyl (C=O) groups excluding carboxylic acids is 2. The standard InChI is InChI=1S/C18H25NO4/c1-3-23-18(21)13-15-8-4-5-10-19(15)17(20)12-14-7-6-9-16(11-14)22-2/h6-7,9,11,15H,3-5,8,10,12-13H2,1-2H3/t15-/m0/s1. The maximum Gasteiger partial charge on any atom is 0.307 e. The monoisotopic (exact) mass is 319 g/mol. The van der Waals surface area contributed by atoms with Gasteiger partial charge in [-0.1, -0.05) is 12.1 Å². The van der Waals surface area contributed by atoms with Gasteiger partial charge in [-0.2, -0.15) is 0 Å². The summed E-state index contributed by atoms with van der Waals surface area (Å²) < 4.78 is 10.2. The van der Waals surface area contributed by atoms with Crippen molar-refractivity contribution in [2.45, 2.75) is 45.1 Å².